The molecule has 0 spiro atoms. The van der Waals surface area contributed by atoms with Crippen molar-refractivity contribution in [3.63, 3.8) is 0 Å². The monoisotopic (exact) mass is 375 g/mol. The Balaban J connectivity index is 1.86. The third kappa shape index (κ3) is 3.03. The van der Waals surface area contributed by atoms with Crippen molar-refractivity contribution >= 4 is 17.3 Å². The quantitative estimate of drug-likeness (QED) is 0.732. The third-order valence-electron chi connectivity index (χ3n) is 5.35. The molecule has 0 saturated carbocycles. The summed E-state index contributed by atoms with van der Waals surface area (Å²) in [7, 11) is 2.14. The highest BCUT2D eigenvalue weighted by Crippen LogP contribution is 2.41. The lowest BCUT2D eigenvalue weighted by molar-refractivity contribution is 0.206. The van der Waals surface area contributed by atoms with Crippen molar-refractivity contribution in [1.82, 2.24) is 14.8 Å². The van der Waals surface area contributed by atoms with Gasteiger partial charge in [0.15, 0.2) is 11.7 Å². The van der Waals surface area contributed by atoms with Crippen LogP contribution in [0.15, 0.2) is 22.6 Å². The van der Waals surface area contributed by atoms with Gasteiger partial charge in [-0.2, -0.15) is 0 Å². The minimum Gasteiger partial charge on any atom is -0.440 e. The minimum absolute atomic E-state index is 0.113. The normalized spacial score (nSPS) is 20.9. The van der Waals surface area contributed by atoms with Crippen LogP contribution in [0.4, 0.5) is 4.39 Å². The van der Waals surface area contributed by atoms with E-state index in [4.69, 9.17) is 16.0 Å². The zero-order chi connectivity index (χ0) is 18.4. The number of halogens is 2. The molecule has 0 N–H and O–H groups in total. The van der Waals surface area contributed by atoms with Crippen LogP contribution < -0.4 is 0 Å². The van der Waals surface area contributed by atoms with E-state index in [0.29, 0.717) is 11.7 Å². The number of aromatic nitrogens is 1. The summed E-state index contributed by atoms with van der Waals surface area (Å²) in [5.41, 5.74) is 3.71. The van der Waals surface area contributed by atoms with Crippen LogP contribution in [0, 0.1) is 12.7 Å². The zero-order valence-corrected chi connectivity index (χ0v) is 16.1. The number of fused-ring (bicyclic) bond motifs is 3. The Morgan fingerprint density at radius 1 is 1.23 bits per heavy atom. The smallest absolute Gasteiger partial charge is 0.192 e. The van der Waals surface area contributed by atoms with E-state index in [1.807, 2.05) is 6.92 Å². The van der Waals surface area contributed by atoms with Crippen molar-refractivity contribution < 1.29 is 8.81 Å². The van der Waals surface area contributed by atoms with E-state index in [1.165, 1.54) is 0 Å². The largest absolute Gasteiger partial charge is 0.440 e. The molecule has 1 aromatic carbocycles. The van der Waals surface area contributed by atoms with Crippen LogP contribution in [-0.2, 0) is 0 Å². The lowest BCUT2D eigenvalue weighted by atomic mass is 9.88. The minimum atomic E-state index is -0.390. The first-order chi connectivity index (χ1) is 12.4. The van der Waals surface area contributed by atoms with Gasteiger partial charge in [-0.1, -0.05) is 24.6 Å². The average molecular weight is 376 g/mol. The molecule has 0 bridgehead atoms. The molecule has 1 atom stereocenters. The van der Waals surface area contributed by atoms with Gasteiger partial charge in [-0.05, 0) is 37.1 Å². The molecule has 6 heteroatoms. The average Bonchev–Trinajstić information content (AvgIpc) is 2.98. The molecule has 0 amide bonds. The van der Waals surface area contributed by atoms with E-state index in [-0.39, 0.29) is 16.8 Å². The van der Waals surface area contributed by atoms with E-state index in [9.17, 15) is 4.39 Å². The van der Waals surface area contributed by atoms with Gasteiger partial charge < -0.3 is 14.2 Å². The maximum absolute atomic E-state index is 14.1. The van der Waals surface area contributed by atoms with Crippen molar-refractivity contribution in [3.8, 4) is 11.3 Å². The zero-order valence-electron chi connectivity index (χ0n) is 15.4. The Morgan fingerprint density at radius 2 is 1.96 bits per heavy atom. The number of hydrogen-bond acceptors (Lipinski definition) is 4. The fraction of sp³-hybridized carbons (Fsp3) is 0.450. The first kappa shape index (κ1) is 17.6. The van der Waals surface area contributed by atoms with Crippen molar-refractivity contribution in [3.05, 3.63) is 46.2 Å². The first-order valence-corrected chi connectivity index (χ1v) is 9.42. The third-order valence-corrected chi connectivity index (χ3v) is 5.64. The number of likely N-dealkylation sites (N-methyl/N-ethyl adjacent to an activating group) is 1. The SMILES string of the molecule is Cc1nc2c(o1)-c1cc(Cl)c(F)cc1C(C)CC=C2N1CCN(C)CC1. The molecule has 2 heterocycles. The number of hydrogen-bond donors (Lipinski definition) is 0. The van der Waals surface area contributed by atoms with Crippen LogP contribution >= 0.6 is 11.6 Å². The van der Waals surface area contributed by atoms with Crippen LogP contribution in [0.5, 0.6) is 0 Å². The fourth-order valence-electron chi connectivity index (χ4n) is 3.79. The number of nitrogens with zero attached hydrogens (tertiary/aromatic N) is 3. The molecular weight excluding hydrogens is 353 g/mol. The maximum atomic E-state index is 14.1. The van der Waals surface area contributed by atoms with E-state index in [1.54, 1.807) is 12.1 Å². The lowest BCUT2D eigenvalue weighted by Crippen LogP contribution is -2.43. The molecule has 1 saturated heterocycles. The van der Waals surface area contributed by atoms with E-state index in [2.05, 4.69) is 34.8 Å². The second-order valence-corrected chi connectivity index (χ2v) is 7.69. The molecule has 1 aliphatic heterocycles. The summed E-state index contributed by atoms with van der Waals surface area (Å²) < 4.78 is 20.1. The predicted octanol–water partition coefficient (Wildman–Crippen LogP) is 4.54. The number of rotatable bonds is 1. The maximum Gasteiger partial charge on any atom is 0.192 e. The van der Waals surface area contributed by atoms with Crippen LogP contribution in [0.1, 0.15) is 36.4 Å². The van der Waals surface area contributed by atoms with Gasteiger partial charge >= 0.3 is 0 Å². The summed E-state index contributed by atoms with van der Waals surface area (Å²) in [6.45, 7) is 7.91. The van der Waals surface area contributed by atoms with Gasteiger partial charge in [-0.3, -0.25) is 0 Å². The molecule has 4 nitrogen and oxygen atoms in total. The molecule has 2 aromatic rings. The molecule has 1 aliphatic carbocycles. The predicted molar refractivity (Wildman–Crippen MR) is 102 cm³/mol. The summed E-state index contributed by atoms with van der Waals surface area (Å²) in [5, 5.41) is 0.113. The molecular formula is C20H23ClFN3O. The lowest BCUT2D eigenvalue weighted by Gasteiger charge is -2.36. The summed E-state index contributed by atoms with van der Waals surface area (Å²) in [6.07, 6.45) is 3.05. The Hall–Kier alpha value is -1.85. The highest BCUT2D eigenvalue weighted by atomic mass is 35.5. The topological polar surface area (TPSA) is 32.5 Å². The van der Waals surface area contributed by atoms with Gasteiger partial charge in [0, 0.05) is 38.7 Å². The van der Waals surface area contributed by atoms with Crippen LogP contribution in [0.25, 0.3) is 17.0 Å². The molecule has 4 rings (SSSR count). The van der Waals surface area contributed by atoms with Gasteiger partial charge in [-0.15, -0.1) is 0 Å². The van der Waals surface area contributed by atoms with Gasteiger partial charge in [0.25, 0.3) is 0 Å². The second-order valence-electron chi connectivity index (χ2n) is 7.28. The van der Waals surface area contributed by atoms with Crippen molar-refractivity contribution in [2.75, 3.05) is 33.2 Å². The number of aryl methyl sites for hydroxylation is 1. The summed E-state index contributed by atoms with van der Waals surface area (Å²) in [4.78, 5) is 9.38. The van der Waals surface area contributed by atoms with Crippen LogP contribution in [0.3, 0.4) is 0 Å². The summed E-state index contributed by atoms with van der Waals surface area (Å²) in [6, 6.07) is 3.22. The van der Waals surface area contributed by atoms with Gasteiger partial charge in [0.1, 0.15) is 11.5 Å². The van der Waals surface area contributed by atoms with Crippen molar-refractivity contribution in [2.45, 2.75) is 26.2 Å². The van der Waals surface area contributed by atoms with Gasteiger partial charge in [0.05, 0.1) is 10.7 Å². The number of piperazine rings is 1. The summed E-state index contributed by atoms with van der Waals surface area (Å²) >= 11 is 6.09. The molecule has 2 aliphatic rings. The Kier molecular flexibility index (Phi) is 4.53. The van der Waals surface area contributed by atoms with Crippen LogP contribution in [0.2, 0.25) is 5.02 Å². The number of oxazole rings is 1. The first-order valence-electron chi connectivity index (χ1n) is 9.05. The number of allylic oxidation sites excluding steroid dienone is 1. The highest BCUT2D eigenvalue weighted by Gasteiger charge is 2.29. The molecule has 1 fully saturated rings. The summed E-state index contributed by atoms with van der Waals surface area (Å²) in [5.74, 6) is 1.07. The molecule has 1 unspecified atom stereocenters. The van der Waals surface area contributed by atoms with Crippen molar-refractivity contribution in [1.29, 1.82) is 0 Å². The van der Waals surface area contributed by atoms with Gasteiger partial charge in [-0.25, -0.2) is 9.37 Å². The van der Waals surface area contributed by atoms with E-state index in [0.717, 1.165) is 55.1 Å². The second kappa shape index (κ2) is 6.71. The van der Waals surface area contributed by atoms with E-state index < -0.39 is 0 Å². The van der Waals surface area contributed by atoms with Crippen LogP contribution in [-0.4, -0.2) is 48.0 Å². The van der Waals surface area contributed by atoms with Gasteiger partial charge in [0.2, 0.25) is 0 Å². The standard InChI is InChI=1S/C20H23ClFN3O/c1-12-4-5-18(25-8-6-24(3)7-9-25)19-20(26-13(2)23-19)15-10-16(21)17(22)11-14(12)15/h5,10-12H,4,6-9H2,1-3H3. The molecule has 1 aromatic heterocycles. The molecule has 138 valence electrons. The Bertz CT molecular complexity index is 868. The molecule has 0 radical (unpaired) electrons. The number of benzene rings is 1. The van der Waals surface area contributed by atoms with Crippen molar-refractivity contribution in [2.24, 2.45) is 0 Å². The fourth-order valence-corrected chi connectivity index (χ4v) is 3.95. The van der Waals surface area contributed by atoms with E-state index >= 15 is 0 Å². The Labute approximate surface area is 158 Å². The molecule has 26 heavy (non-hydrogen) atoms. The highest BCUT2D eigenvalue weighted by molar-refractivity contribution is 6.31. The Morgan fingerprint density at radius 3 is 2.69 bits per heavy atom.